The number of carbonyl (C=O) groups is 1. The molecule has 1 amide bonds. The Morgan fingerprint density at radius 3 is 2.37 bits per heavy atom. The molecule has 0 saturated carbocycles. The average Bonchev–Trinajstić information content (AvgIpc) is 3.53. The summed E-state index contributed by atoms with van der Waals surface area (Å²) in [5.41, 5.74) is 0.906. The summed E-state index contributed by atoms with van der Waals surface area (Å²) < 4.78 is 12.3. The number of β-lactam (4-membered cyclic amide) rings is 1. The summed E-state index contributed by atoms with van der Waals surface area (Å²) in [7, 11) is 3.58. The lowest BCUT2D eigenvalue weighted by Crippen LogP contribution is -2.68. The van der Waals surface area contributed by atoms with Crippen LogP contribution in [0.25, 0.3) is 10.8 Å². The third-order valence-electron chi connectivity index (χ3n) is 10.2. The molecule has 8 rings (SSSR count). The first kappa shape index (κ1) is 24.6. The van der Waals surface area contributed by atoms with Gasteiger partial charge in [-0.25, -0.2) is 0 Å². The van der Waals surface area contributed by atoms with E-state index in [9.17, 15) is 15.2 Å². The predicted molar refractivity (Wildman–Crippen MR) is 153 cm³/mol. The Hall–Kier alpha value is -4.22. The van der Waals surface area contributed by atoms with Crippen LogP contribution in [0.15, 0.2) is 91.0 Å². The molecule has 41 heavy (non-hydrogen) atoms. The Bertz CT molecular complexity index is 1760. The molecule has 0 aromatic heterocycles. The van der Waals surface area contributed by atoms with E-state index in [1.807, 2.05) is 98.0 Å². The van der Waals surface area contributed by atoms with Gasteiger partial charge >= 0.3 is 0 Å². The second-order valence-corrected chi connectivity index (χ2v) is 11.6. The molecule has 1 spiro atoms. The molecule has 4 aromatic carbocycles. The van der Waals surface area contributed by atoms with Crippen LogP contribution in [0.4, 0.5) is 5.69 Å². The van der Waals surface area contributed by atoms with Crippen LogP contribution >= 0.6 is 0 Å². The molecule has 1 aliphatic carbocycles. The molecule has 7 nitrogen and oxygen atoms in total. The summed E-state index contributed by atoms with van der Waals surface area (Å²) in [5, 5.41) is 26.0. The van der Waals surface area contributed by atoms with Crippen molar-refractivity contribution in [2.75, 3.05) is 25.6 Å². The number of nitriles is 1. The number of benzene rings is 4. The van der Waals surface area contributed by atoms with Crippen LogP contribution in [0.3, 0.4) is 0 Å². The standard InChI is InChI=1S/C34H29N3O4/c1-36-19-18-32(20-35)30(41-34(39)26-13-7-11-21-10-6-12-25(27(21)26)33(32,34)36)29-28(22-8-4-3-5-9-22)31(38)37(29)23-14-16-24(40-2)17-15-23/h3-17,28-30,39H,18-19H2,1-2H3/t28-,29+,30-,32-,33+,34-/m1/s1. The van der Waals surface area contributed by atoms with Crippen molar-refractivity contribution in [1.82, 2.24) is 4.90 Å². The molecule has 3 fully saturated rings. The van der Waals surface area contributed by atoms with Crippen molar-refractivity contribution in [2.45, 2.75) is 35.8 Å². The number of hydrogen-bond donors (Lipinski definition) is 1. The van der Waals surface area contributed by atoms with Crippen molar-refractivity contribution in [3.8, 4) is 11.8 Å². The lowest BCUT2D eigenvalue weighted by molar-refractivity contribution is -0.253. The minimum Gasteiger partial charge on any atom is -0.497 e. The number of ether oxygens (including phenoxy) is 2. The summed E-state index contributed by atoms with van der Waals surface area (Å²) >= 11 is 0. The van der Waals surface area contributed by atoms with Gasteiger partial charge in [-0.3, -0.25) is 9.69 Å². The van der Waals surface area contributed by atoms with Crippen molar-refractivity contribution in [2.24, 2.45) is 5.41 Å². The minimum atomic E-state index is -1.77. The van der Waals surface area contributed by atoms with E-state index in [2.05, 4.69) is 11.0 Å². The zero-order chi connectivity index (χ0) is 28.1. The molecule has 3 heterocycles. The fourth-order valence-corrected chi connectivity index (χ4v) is 8.55. The Labute approximate surface area is 238 Å². The van der Waals surface area contributed by atoms with Crippen LogP contribution in [-0.2, 0) is 20.9 Å². The van der Waals surface area contributed by atoms with Gasteiger partial charge in [0.2, 0.25) is 11.7 Å². The van der Waals surface area contributed by atoms with Gasteiger partial charge in [-0.15, -0.1) is 0 Å². The molecule has 3 aliphatic heterocycles. The summed E-state index contributed by atoms with van der Waals surface area (Å²) in [5.74, 6) is -1.67. The van der Waals surface area contributed by atoms with Gasteiger partial charge in [-0.2, -0.15) is 5.26 Å². The van der Waals surface area contributed by atoms with Gasteiger partial charge in [0, 0.05) is 17.8 Å². The van der Waals surface area contributed by atoms with Crippen molar-refractivity contribution in [3.63, 3.8) is 0 Å². The molecule has 1 N–H and O–H groups in total. The quantitative estimate of drug-likeness (QED) is 0.378. The Kier molecular flexibility index (Phi) is 4.90. The number of fused-ring (bicyclic) bond motifs is 1. The maximum Gasteiger partial charge on any atom is 0.237 e. The monoisotopic (exact) mass is 543 g/mol. The summed E-state index contributed by atoms with van der Waals surface area (Å²) in [6.07, 6.45) is -0.268. The van der Waals surface area contributed by atoms with Crippen molar-refractivity contribution < 1.29 is 19.4 Å². The molecule has 6 atom stereocenters. The van der Waals surface area contributed by atoms with E-state index in [-0.39, 0.29) is 5.91 Å². The number of aliphatic hydroxyl groups is 1. The molecule has 4 aromatic rings. The Balaban J connectivity index is 1.36. The van der Waals surface area contributed by atoms with Crippen LogP contribution in [0, 0.1) is 16.7 Å². The lowest BCUT2D eigenvalue weighted by Gasteiger charge is -2.52. The molecule has 7 heteroatoms. The van der Waals surface area contributed by atoms with Crippen LogP contribution in [-0.4, -0.2) is 48.8 Å². The predicted octanol–water partition coefficient (Wildman–Crippen LogP) is 4.65. The summed E-state index contributed by atoms with van der Waals surface area (Å²) in [4.78, 5) is 17.9. The van der Waals surface area contributed by atoms with Gasteiger partial charge in [0.15, 0.2) is 0 Å². The molecule has 3 saturated heterocycles. The number of methoxy groups -OCH3 is 1. The minimum absolute atomic E-state index is 0.0602. The van der Waals surface area contributed by atoms with E-state index in [0.29, 0.717) is 30.0 Å². The van der Waals surface area contributed by atoms with E-state index in [0.717, 1.165) is 21.9 Å². The lowest BCUT2D eigenvalue weighted by atomic mass is 9.60. The van der Waals surface area contributed by atoms with E-state index in [1.165, 1.54) is 0 Å². The highest BCUT2D eigenvalue weighted by Gasteiger charge is 2.83. The Morgan fingerprint density at radius 1 is 0.976 bits per heavy atom. The number of carbonyl (C=O) groups excluding carboxylic acids is 1. The number of nitrogens with zero attached hydrogens (tertiary/aromatic N) is 3. The second kappa shape index (κ2) is 8.17. The van der Waals surface area contributed by atoms with Gasteiger partial charge in [0.25, 0.3) is 0 Å². The van der Waals surface area contributed by atoms with Crippen LogP contribution < -0.4 is 9.64 Å². The third kappa shape index (κ3) is 2.66. The highest BCUT2D eigenvalue weighted by atomic mass is 16.6. The maximum absolute atomic E-state index is 14.0. The van der Waals surface area contributed by atoms with Gasteiger partial charge in [0.05, 0.1) is 25.1 Å². The molecule has 0 radical (unpaired) electrons. The Morgan fingerprint density at radius 2 is 1.68 bits per heavy atom. The smallest absolute Gasteiger partial charge is 0.237 e. The first-order valence-corrected chi connectivity index (χ1v) is 14.0. The summed E-state index contributed by atoms with van der Waals surface area (Å²) in [6, 6.07) is 31.2. The third-order valence-corrected chi connectivity index (χ3v) is 10.2. The molecule has 0 bridgehead atoms. The van der Waals surface area contributed by atoms with Gasteiger partial charge < -0.3 is 19.5 Å². The summed E-state index contributed by atoms with van der Waals surface area (Å²) in [6.45, 7) is 0.610. The number of rotatable bonds is 4. The van der Waals surface area contributed by atoms with E-state index >= 15 is 0 Å². The first-order valence-electron chi connectivity index (χ1n) is 14.0. The fourth-order valence-electron chi connectivity index (χ4n) is 8.55. The zero-order valence-corrected chi connectivity index (χ0v) is 22.8. The first-order chi connectivity index (χ1) is 19.9. The number of anilines is 1. The topological polar surface area (TPSA) is 86.0 Å². The van der Waals surface area contributed by atoms with Crippen molar-refractivity contribution in [1.29, 1.82) is 5.26 Å². The van der Waals surface area contributed by atoms with Crippen LogP contribution in [0.2, 0.25) is 0 Å². The molecule has 204 valence electrons. The largest absolute Gasteiger partial charge is 0.497 e. The van der Waals surface area contributed by atoms with Crippen LogP contribution in [0.5, 0.6) is 5.75 Å². The van der Waals surface area contributed by atoms with Gasteiger partial charge in [0.1, 0.15) is 22.8 Å². The molecular weight excluding hydrogens is 514 g/mol. The van der Waals surface area contributed by atoms with Gasteiger partial charge in [-0.1, -0.05) is 66.7 Å². The van der Waals surface area contributed by atoms with Gasteiger partial charge in [-0.05, 0) is 59.6 Å². The molecular formula is C34H29N3O4. The molecule has 0 unspecified atom stereocenters. The van der Waals surface area contributed by atoms with Crippen LogP contribution in [0.1, 0.15) is 29.0 Å². The highest BCUT2D eigenvalue weighted by Crippen LogP contribution is 2.73. The zero-order valence-electron chi connectivity index (χ0n) is 22.8. The van der Waals surface area contributed by atoms with Crippen molar-refractivity contribution >= 4 is 22.4 Å². The maximum atomic E-state index is 14.0. The highest BCUT2D eigenvalue weighted by molar-refractivity contribution is 6.07. The second-order valence-electron chi connectivity index (χ2n) is 11.6. The van der Waals surface area contributed by atoms with Crippen molar-refractivity contribution in [3.05, 3.63) is 108 Å². The number of hydrogen-bond acceptors (Lipinski definition) is 6. The van der Waals surface area contributed by atoms with E-state index in [4.69, 9.17) is 9.47 Å². The number of amides is 1. The number of likely N-dealkylation sites (tertiary alicyclic amines) is 1. The van der Waals surface area contributed by atoms with E-state index < -0.39 is 34.8 Å². The fraction of sp³-hybridized carbons (Fsp3) is 0.294. The number of likely N-dealkylation sites (N-methyl/N-ethyl adjacent to an activating group) is 1. The average molecular weight is 544 g/mol. The molecule has 4 aliphatic rings. The normalized spacial score (nSPS) is 33.4. The van der Waals surface area contributed by atoms with E-state index in [1.54, 1.807) is 12.0 Å². The SMILES string of the molecule is COc1ccc(N2C(=O)[C@H](c3ccccc3)[C@H]2[C@H]2O[C@]3(O)c4cccc5cccc(c45)[C@@]34N(C)CC[C@@]24C#N)cc1.